The SMILES string of the molecule is CN=C(NCCc1ccc2c(c1)CCO2)NCC1(SC)CCOCC1. The maximum Gasteiger partial charge on any atom is 0.191 e. The van der Waals surface area contributed by atoms with E-state index in [0.29, 0.717) is 0 Å². The normalized spacial score (nSPS) is 19.2. The molecule has 5 nitrogen and oxygen atoms in total. The average Bonchev–Trinajstić information content (AvgIpc) is 3.13. The van der Waals surface area contributed by atoms with Crippen molar-refractivity contribution in [1.82, 2.24) is 10.6 Å². The van der Waals surface area contributed by atoms with Gasteiger partial charge in [0.1, 0.15) is 5.75 Å². The van der Waals surface area contributed by atoms with Crippen molar-refractivity contribution in [3.8, 4) is 5.75 Å². The Morgan fingerprint density at radius 1 is 1.24 bits per heavy atom. The van der Waals surface area contributed by atoms with Gasteiger partial charge in [0, 0.05) is 44.5 Å². The Labute approximate surface area is 155 Å². The topological polar surface area (TPSA) is 54.9 Å². The van der Waals surface area contributed by atoms with E-state index in [1.165, 1.54) is 11.1 Å². The van der Waals surface area contributed by atoms with Crippen LogP contribution in [0.4, 0.5) is 0 Å². The Kier molecular flexibility index (Phi) is 6.48. The van der Waals surface area contributed by atoms with Crippen molar-refractivity contribution in [2.24, 2.45) is 4.99 Å². The van der Waals surface area contributed by atoms with Crippen LogP contribution in [0.25, 0.3) is 0 Å². The Balaban J connectivity index is 1.44. The second-order valence-corrected chi connectivity index (χ2v) is 7.92. The number of benzene rings is 1. The van der Waals surface area contributed by atoms with Crippen molar-refractivity contribution in [3.63, 3.8) is 0 Å². The third-order valence-electron chi connectivity index (χ3n) is 5.10. The molecule has 1 fully saturated rings. The van der Waals surface area contributed by atoms with E-state index in [1.807, 2.05) is 18.8 Å². The number of aliphatic imine (C=N–C) groups is 1. The third-order valence-corrected chi connectivity index (χ3v) is 6.52. The third kappa shape index (κ3) is 4.82. The molecule has 0 amide bonds. The van der Waals surface area contributed by atoms with Crippen molar-refractivity contribution in [2.75, 3.05) is 46.2 Å². The maximum atomic E-state index is 5.57. The number of hydrogen-bond donors (Lipinski definition) is 2. The molecule has 0 aliphatic carbocycles. The molecule has 0 bridgehead atoms. The number of guanidine groups is 1. The molecule has 0 spiro atoms. The van der Waals surface area contributed by atoms with Gasteiger partial charge >= 0.3 is 0 Å². The number of rotatable bonds is 6. The summed E-state index contributed by atoms with van der Waals surface area (Å²) < 4.78 is 11.3. The Bertz CT molecular complexity index is 600. The van der Waals surface area contributed by atoms with Gasteiger partial charge in [0.2, 0.25) is 0 Å². The summed E-state index contributed by atoms with van der Waals surface area (Å²) in [6.07, 6.45) is 6.39. The molecule has 2 aliphatic heterocycles. The van der Waals surface area contributed by atoms with Crippen LogP contribution in [0.1, 0.15) is 24.0 Å². The molecule has 2 aliphatic rings. The highest BCUT2D eigenvalue weighted by atomic mass is 32.2. The van der Waals surface area contributed by atoms with E-state index in [4.69, 9.17) is 9.47 Å². The first-order chi connectivity index (χ1) is 12.2. The molecule has 138 valence electrons. The summed E-state index contributed by atoms with van der Waals surface area (Å²) in [6.45, 7) is 4.32. The van der Waals surface area contributed by atoms with Crippen LogP contribution in [0.2, 0.25) is 0 Å². The van der Waals surface area contributed by atoms with Crippen molar-refractivity contribution in [1.29, 1.82) is 0 Å². The van der Waals surface area contributed by atoms with E-state index in [9.17, 15) is 0 Å². The lowest BCUT2D eigenvalue weighted by Gasteiger charge is -2.36. The number of fused-ring (bicyclic) bond motifs is 1. The number of nitrogens with one attached hydrogen (secondary N) is 2. The van der Waals surface area contributed by atoms with E-state index >= 15 is 0 Å². The fraction of sp³-hybridized carbons (Fsp3) is 0.632. The van der Waals surface area contributed by atoms with E-state index in [-0.39, 0.29) is 4.75 Å². The molecule has 0 unspecified atom stereocenters. The van der Waals surface area contributed by atoms with Crippen LogP contribution in [-0.2, 0) is 17.6 Å². The molecule has 25 heavy (non-hydrogen) atoms. The maximum absolute atomic E-state index is 5.57. The van der Waals surface area contributed by atoms with Crippen molar-refractivity contribution in [3.05, 3.63) is 29.3 Å². The second-order valence-electron chi connectivity index (χ2n) is 6.64. The molecule has 0 aromatic heterocycles. The quantitative estimate of drug-likeness (QED) is 0.600. The highest BCUT2D eigenvalue weighted by molar-refractivity contribution is 8.00. The number of thioether (sulfide) groups is 1. The summed E-state index contributed by atoms with van der Waals surface area (Å²) >= 11 is 1.94. The molecule has 2 N–H and O–H groups in total. The highest BCUT2D eigenvalue weighted by Crippen LogP contribution is 2.33. The average molecular weight is 364 g/mol. The lowest BCUT2D eigenvalue weighted by Crippen LogP contribution is -2.48. The van der Waals surface area contributed by atoms with E-state index in [1.54, 1.807) is 0 Å². The fourth-order valence-corrected chi connectivity index (χ4v) is 4.17. The minimum Gasteiger partial charge on any atom is -0.493 e. The van der Waals surface area contributed by atoms with Crippen LogP contribution >= 0.6 is 11.8 Å². The number of nitrogens with zero attached hydrogens (tertiary/aromatic N) is 1. The van der Waals surface area contributed by atoms with Crippen LogP contribution in [0.15, 0.2) is 23.2 Å². The smallest absolute Gasteiger partial charge is 0.191 e. The molecule has 0 saturated carbocycles. The zero-order valence-corrected chi connectivity index (χ0v) is 16.1. The van der Waals surface area contributed by atoms with Gasteiger partial charge in [-0.05, 0) is 42.7 Å². The largest absolute Gasteiger partial charge is 0.493 e. The first-order valence-electron chi connectivity index (χ1n) is 9.07. The molecular weight excluding hydrogens is 334 g/mol. The lowest BCUT2D eigenvalue weighted by molar-refractivity contribution is 0.0783. The minimum absolute atomic E-state index is 0.260. The van der Waals surface area contributed by atoms with Gasteiger partial charge in [-0.15, -0.1) is 0 Å². The summed E-state index contributed by atoms with van der Waals surface area (Å²) in [6, 6.07) is 6.52. The lowest BCUT2D eigenvalue weighted by atomic mass is 9.99. The first-order valence-corrected chi connectivity index (χ1v) is 10.3. The Hall–Kier alpha value is -1.40. The van der Waals surface area contributed by atoms with Gasteiger partial charge in [0.15, 0.2) is 5.96 Å². The van der Waals surface area contributed by atoms with Crippen LogP contribution in [-0.4, -0.2) is 56.9 Å². The van der Waals surface area contributed by atoms with Crippen molar-refractivity contribution < 1.29 is 9.47 Å². The molecule has 6 heteroatoms. The molecule has 0 atom stereocenters. The zero-order valence-electron chi connectivity index (χ0n) is 15.3. The summed E-state index contributed by atoms with van der Waals surface area (Å²) in [5.41, 5.74) is 2.68. The van der Waals surface area contributed by atoms with Crippen LogP contribution in [0.5, 0.6) is 5.75 Å². The van der Waals surface area contributed by atoms with Crippen molar-refractivity contribution >= 4 is 17.7 Å². The number of hydrogen-bond acceptors (Lipinski definition) is 4. The second kappa shape index (κ2) is 8.81. The molecular formula is C19H29N3O2S. The standard InChI is InChI=1S/C19H29N3O2S/c1-20-18(22-14-19(25-2)7-11-23-12-8-19)21-9-5-15-3-4-17-16(13-15)6-10-24-17/h3-4,13H,5-12,14H2,1-2H3,(H2,20,21,22). The predicted molar refractivity (Wildman–Crippen MR) is 105 cm³/mol. The summed E-state index contributed by atoms with van der Waals surface area (Å²) in [4.78, 5) is 4.36. The van der Waals surface area contributed by atoms with E-state index < -0.39 is 0 Å². The summed E-state index contributed by atoms with van der Waals surface area (Å²) in [5, 5.41) is 6.93. The fourth-order valence-electron chi connectivity index (χ4n) is 3.38. The van der Waals surface area contributed by atoms with Gasteiger partial charge in [-0.1, -0.05) is 12.1 Å². The van der Waals surface area contributed by atoms with Gasteiger partial charge < -0.3 is 20.1 Å². The van der Waals surface area contributed by atoms with Gasteiger partial charge in [-0.25, -0.2) is 0 Å². The van der Waals surface area contributed by atoms with E-state index in [0.717, 1.165) is 70.3 Å². The van der Waals surface area contributed by atoms with Crippen LogP contribution in [0.3, 0.4) is 0 Å². The van der Waals surface area contributed by atoms with Gasteiger partial charge in [0.05, 0.1) is 6.61 Å². The molecule has 2 heterocycles. The van der Waals surface area contributed by atoms with Crippen LogP contribution in [0, 0.1) is 0 Å². The summed E-state index contributed by atoms with van der Waals surface area (Å²) in [7, 11) is 1.83. The van der Waals surface area contributed by atoms with Crippen molar-refractivity contribution in [2.45, 2.75) is 30.4 Å². The van der Waals surface area contributed by atoms with Gasteiger partial charge in [0.25, 0.3) is 0 Å². The highest BCUT2D eigenvalue weighted by Gasteiger charge is 2.31. The Morgan fingerprint density at radius 2 is 2.08 bits per heavy atom. The molecule has 1 aromatic carbocycles. The first kappa shape index (κ1) is 18.4. The number of ether oxygens (including phenoxy) is 2. The summed E-state index contributed by atoms with van der Waals surface area (Å²) in [5.74, 6) is 1.93. The Morgan fingerprint density at radius 3 is 2.84 bits per heavy atom. The van der Waals surface area contributed by atoms with E-state index in [2.05, 4.69) is 40.1 Å². The van der Waals surface area contributed by atoms with Crippen LogP contribution < -0.4 is 15.4 Å². The minimum atomic E-state index is 0.260. The molecule has 1 aromatic rings. The van der Waals surface area contributed by atoms with Gasteiger partial charge in [-0.2, -0.15) is 11.8 Å². The van der Waals surface area contributed by atoms with Gasteiger partial charge in [-0.3, -0.25) is 4.99 Å². The predicted octanol–water partition coefficient (Wildman–Crippen LogP) is 2.24. The molecule has 3 rings (SSSR count). The molecule has 1 saturated heterocycles. The zero-order chi connectivity index (χ0) is 17.5. The monoisotopic (exact) mass is 363 g/mol. The molecule has 0 radical (unpaired) electrons.